The van der Waals surface area contributed by atoms with Gasteiger partial charge in [0.15, 0.2) is 5.69 Å². The van der Waals surface area contributed by atoms with Crippen LogP contribution >= 0.6 is 0 Å². The summed E-state index contributed by atoms with van der Waals surface area (Å²) >= 11 is 0. The van der Waals surface area contributed by atoms with Crippen LogP contribution in [0.5, 0.6) is 5.75 Å². The molecule has 86 valence electrons. The Bertz CT molecular complexity index is 543. The Balaban J connectivity index is 2.14. The van der Waals surface area contributed by atoms with Crippen molar-refractivity contribution in [3.05, 3.63) is 48.2 Å². The van der Waals surface area contributed by atoms with Crippen molar-refractivity contribution in [2.75, 3.05) is 5.73 Å². The van der Waals surface area contributed by atoms with Crippen molar-refractivity contribution >= 4 is 11.8 Å². The number of carbonyl (C=O) groups excluding carboxylic acids is 1. The molecule has 1 aromatic carbocycles. The Morgan fingerprint density at radius 1 is 1.29 bits per heavy atom. The minimum absolute atomic E-state index is 0.00320. The molecule has 1 heterocycles. The van der Waals surface area contributed by atoms with Gasteiger partial charge in [0.1, 0.15) is 17.4 Å². The molecule has 5 nitrogen and oxygen atoms in total. The first-order valence-corrected chi connectivity index (χ1v) is 4.70. The van der Waals surface area contributed by atoms with E-state index >= 15 is 0 Å². The number of carbonyl (C=O) groups is 1. The first-order chi connectivity index (χ1) is 8.15. The van der Waals surface area contributed by atoms with Crippen LogP contribution in [0.4, 0.5) is 10.2 Å². The average Bonchev–Trinajstić information content (AvgIpc) is 2.29. The molecule has 0 aliphatic carbocycles. The van der Waals surface area contributed by atoms with E-state index in [9.17, 15) is 9.18 Å². The quantitative estimate of drug-likeness (QED) is 0.626. The maximum Gasteiger partial charge on any atom is 0.363 e. The second kappa shape index (κ2) is 4.56. The van der Waals surface area contributed by atoms with Gasteiger partial charge in [-0.05, 0) is 12.1 Å². The van der Waals surface area contributed by atoms with Crippen LogP contribution in [0.25, 0.3) is 0 Å². The predicted octanol–water partition coefficient (Wildman–Crippen LogP) is 1.42. The third kappa shape index (κ3) is 2.75. The second-order valence-corrected chi connectivity index (χ2v) is 3.17. The van der Waals surface area contributed by atoms with E-state index in [1.807, 2.05) is 0 Å². The molecule has 0 saturated heterocycles. The third-order valence-electron chi connectivity index (χ3n) is 1.89. The van der Waals surface area contributed by atoms with Gasteiger partial charge in [0.25, 0.3) is 0 Å². The zero-order valence-corrected chi connectivity index (χ0v) is 8.63. The normalized spacial score (nSPS) is 9.94. The van der Waals surface area contributed by atoms with Crippen LogP contribution < -0.4 is 10.5 Å². The Hall–Kier alpha value is -2.50. The van der Waals surface area contributed by atoms with Crippen LogP contribution in [-0.2, 0) is 0 Å². The number of esters is 1. The van der Waals surface area contributed by atoms with Gasteiger partial charge >= 0.3 is 5.97 Å². The molecule has 0 saturated carbocycles. The van der Waals surface area contributed by atoms with Gasteiger partial charge in [-0.25, -0.2) is 19.2 Å². The summed E-state index contributed by atoms with van der Waals surface area (Å²) in [4.78, 5) is 19.0. The van der Waals surface area contributed by atoms with Gasteiger partial charge in [-0.1, -0.05) is 6.07 Å². The molecule has 0 aliphatic heterocycles. The van der Waals surface area contributed by atoms with Crippen molar-refractivity contribution in [1.29, 1.82) is 0 Å². The summed E-state index contributed by atoms with van der Waals surface area (Å²) in [6, 6.07) is 5.25. The van der Waals surface area contributed by atoms with Gasteiger partial charge in [-0.3, -0.25) is 0 Å². The van der Waals surface area contributed by atoms with E-state index < -0.39 is 11.8 Å². The molecule has 0 bridgehead atoms. The summed E-state index contributed by atoms with van der Waals surface area (Å²) in [6.45, 7) is 0. The number of ether oxygens (including phenoxy) is 1. The van der Waals surface area contributed by atoms with E-state index in [4.69, 9.17) is 10.5 Å². The summed E-state index contributed by atoms with van der Waals surface area (Å²) in [6.07, 6.45) is 2.43. The number of hydrogen-bond donors (Lipinski definition) is 1. The molecule has 1 aromatic heterocycles. The smallest absolute Gasteiger partial charge is 0.363 e. The highest BCUT2D eigenvalue weighted by Crippen LogP contribution is 2.13. The van der Waals surface area contributed by atoms with Crippen molar-refractivity contribution in [3.8, 4) is 5.75 Å². The molecule has 6 heteroatoms. The first-order valence-electron chi connectivity index (χ1n) is 4.70. The van der Waals surface area contributed by atoms with E-state index in [2.05, 4.69) is 9.97 Å². The summed E-state index contributed by atoms with van der Waals surface area (Å²) in [5, 5.41) is 0. The van der Waals surface area contributed by atoms with E-state index in [1.165, 1.54) is 30.6 Å². The number of aromatic nitrogens is 2. The van der Waals surface area contributed by atoms with Crippen LogP contribution in [0.2, 0.25) is 0 Å². The van der Waals surface area contributed by atoms with Gasteiger partial charge in [-0.15, -0.1) is 0 Å². The average molecular weight is 233 g/mol. The maximum atomic E-state index is 12.8. The molecule has 0 atom stereocenters. The van der Waals surface area contributed by atoms with Crippen molar-refractivity contribution in [1.82, 2.24) is 9.97 Å². The molecule has 0 radical (unpaired) electrons. The predicted molar refractivity (Wildman–Crippen MR) is 57.8 cm³/mol. The molecule has 0 aliphatic rings. The molecule has 2 aromatic rings. The lowest BCUT2D eigenvalue weighted by Gasteiger charge is -2.03. The van der Waals surface area contributed by atoms with E-state index in [-0.39, 0.29) is 17.3 Å². The molecule has 2 N–H and O–H groups in total. The van der Waals surface area contributed by atoms with E-state index in [1.54, 1.807) is 0 Å². The highest BCUT2D eigenvalue weighted by Gasteiger charge is 2.10. The second-order valence-electron chi connectivity index (χ2n) is 3.17. The Morgan fingerprint density at radius 2 is 2.12 bits per heavy atom. The number of halogens is 1. The molecule has 17 heavy (non-hydrogen) atoms. The number of nitrogen functional groups attached to an aromatic ring is 1. The summed E-state index contributed by atoms with van der Waals surface area (Å²) in [7, 11) is 0. The Labute approximate surface area is 96.1 Å². The van der Waals surface area contributed by atoms with Crippen LogP contribution in [0, 0.1) is 5.82 Å². The van der Waals surface area contributed by atoms with Crippen molar-refractivity contribution < 1.29 is 13.9 Å². The summed E-state index contributed by atoms with van der Waals surface area (Å²) in [5.41, 5.74) is 5.33. The van der Waals surface area contributed by atoms with Crippen LogP contribution in [0.3, 0.4) is 0 Å². The van der Waals surface area contributed by atoms with Crippen LogP contribution in [-0.4, -0.2) is 15.9 Å². The highest BCUT2D eigenvalue weighted by atomic mass is 19.1. The van der Waals surface area contributed by atoms with E-state index in [0.717, 1.165) is 6.07 Å². The zero-order valence-electron chi connectivity index (χ0n) is 8.63. The first kappa shape index (κ1) is 11.0. The van der Waals surface area contributed by atoms with Gasteiger partial charge in [0.2, 0.25) is 0 Å². The Kier molecular flexibility index (Phi) is 2.95. The largest absolute Gasteiger partial charge is 0.422 e. The minimum Gasteiger partial charge on any atom is -0.422 e. The number of hydrogen-bond acceptors (Lipinski definition) is 5. The standard InChI is InChI=1S/C11H8FN3O2/c12-7-2-1-3-8(4-7)17-11(16)9-5-15-10(13)6-14-9/h1-6H,(H2,13,15). The van der Waals surface area contributed by atoms with Crippen molar-refractivity contribution in [2.24, 2.45) is 0 Å². The zero-order chi connectivity index (χ0) is 12.3. The minimum atomic E-state index is -0.719. The molecule has 2 rings (SSSR count). The number of anilines is 1. The number of nitrogens with two attached hydrogens (primary N) is 1. The fourth-order valence-electron chi connectivity index (χ4n) is 1.13. The fraction of sp³-hybridized carbons (Fsp3) is 0. The Morgan fingerprint density at radius 3 is 2.76 bits per heavy atom. The fourth-order valence-corrected chi connectivity index (χ4v) is 1.13. The van der Waals surface area contributed by atoms with E-state index in [0.29, 0.717) is 0 Å². The maximum absolute atomic E-state index is 12.8. The molecule has 0 unspecified atom stereocenters. The molecule has 0 spiro atoms. The van der Waals surface area contributed by atoms with Gasteiger partial charge < -0.3 is 10.5 Å². The lowest BCUT2D eigenvalue weighted by Crippen LogP contribution is -2.11. The molecule has 0 amide bonds. The van der Waals surface area contributed by atoms with Gasteiger partial charge in [0, 0.05) is 6.07 Å². The molecular formula is C11H8FN3O2. The lowest BCUT2D eigenvalue weighted by atomic mass is 10.3. The topological polar surface area (TPSA) is 78.1 Å². The third-order valence-corrected chi connectivity index (χ3v) is 1.89. The lowest BCUT2D eigenvalue weighted by molar-refractivity contribution is 0.0728. The van der Waals surface area contributed by atoms with Gasteiger partial charge in [0.05, 0.1) is 12.4 Å². The van der Waals surface area contributed by atoms with Crippen molar-refractivity contribution in [2.45, 2.75) is 0 Å². The van der Waals surface area contributed by atoms with Crippen LogP contribution in [0.1, 0.15) is 10.5 Å². The molecular weight excluding hydrogens is 225 g/mol. The molecule has 0 fully saturated rings. The summed E-state index contributed by atoms with van der Waals surface area (Å²) in [5.74, 6) is -0.900. The highest BCUT2D eigenvalue weighted by molar-refractivity contribution is 5.88. The van der Waals surface area contributed by atoms with Crippen LogP contribution in [0.15, 0.2) is 36.7 Å². The number of benzene rings is 1. The SMILES string of the molecule is Nc1cnc(C(=O)Oc2cccc(F)c2)cn1. The van der Waals surface area contributed by atoms with Gasteiger partial charge in [-0.2, -0.15) is 0 Å². The monoisotopic (exact) mass is 233 g/mol. The van der Waals surface area contributed by atoms with Crippen molar-refractivity contribution in [3.63, 3.8) is 0 Å². The number of nitrogens with zero attached hydrogens (tertiary/aromatic N) is 2. The number of rotatable bonds is 2. The summed E-state index contributed by atoms with van der Waals surface area (Å²) < 4.78 is 17.7.